The first-order chi connectivity index (χ1) is 10.4. The summed E-state index contributed by atoms with van der Waals surface area (Å²) < 4.78 is 18.8. The van der Waals surface area contributed by atoms with Crippen molar-refractivity contribution in [1.29, 1.82) is 0 Å². The molecule has 0 unspecified atom stereocenters. The lowest BCUT2D eigenvalue weighted by atomic mass is 10.3. The Bertz CT molecular complexity index is 527. The van der Waals surface area contributed by atoms with Gasteiger partial charge < -0.3 is 18.9 Å². The van der Waals surface area contributed by atoms with Crippen molar-refractivity contribution in [3.05, 3.63) is 24.3 Å². The first kappa shape index (κ1) is 17.2. The molecule has 0 N–H and O–H groups in total. The molecule has 118 valence electrons. The van der Waals surface area contributed by atoms with Gasteiger partial charge in [0.2, 0.25) is 0 Å². The largest absolute Gasteiger partial charge is 0.454 e. The van der Waals surface area contributed by atoms with Gasteiger partial charge in [0.25, 0.3) is 0 Å². The Morgan fingerprint density at radius 2 is 1.14 bits per heavy atom. The number of hydrogen-bond donors (Lipinski definition) is 0. The molecule has 0 atom stereocenters. The Balaban J connectivity index is 2.65. The van der Waals surface area contributed by atoms with Gasteiger partial charge in [-0.25, -0.2) is 9.59 Å². The summed E-state index contributed by atoms with van der Waals surface area (Å²) in [6.07, 6.45) is 0. The smallest absolute Gasteiger partial charge is 0.349 e. The standard InChI is InChI=1S/C14H14O8/c1-9(15)19-7-13(17)21-11-5-3-4-6-12(11)22-14(18)8-20-10(2)16/h3-6H,7-8H2,1-2H3. The van der Waals surface area contributed by atoms with E-state index >= 15 is 0 Å². The molecule has 0 aliphatic rings. The van der Waals surface area contributed by atoms with Gasteiger partial charge in [0.05, 0.1) is 0 Å². The summed E-state index contributed by atoms with van der Waals surface area (Å²) in [5.74, 6) is -2.99. The highest BCUT2D eigenvalue weighted by Gasteiger charge is 2.14. The normalized spacial score (nSPS) is 9.55. The molecule has 0 spiro atoms. The number of rotatable bonds is 6. The SMILES string of the molecule is CC(=O)OCC(=O)Oc1ccccc1OC(=O)COC(C)=O. The van der Waals surface area contributed by atoms with E-state index in [2.05, 4.69) is 9.47 Å². The molecule has 1 aromatic carbocycles. The molecule has 0 amide bonds. The van der Waals surface area contributed by atoms with Crippen LogP contribution in [0.15, 0.2) is 24.3 Å². The second-order valence-electron chi connectivity index (χ2n) is 3.96. The van der Waals surface area contributed by atoms with Gasteiger partial charge in [-0.05, 0) is 12.1 Å². The van der Waals surface area contributed by atoms with Crippen LogP contribution in [0.25, 0.3) is 0 Å². The molecule has 8 nitrogen and oxygen atoms in total. The molecule has 0 saturated heterocycles. The highest BCUT2D eigenvalue weighted by Crippen LogP contribution is 2.26. The van der Waals surface area contributed by atoms with E-state index in [1.807, 2.05) is 0 Å². The zero-order valence-corrected chi connectivity index (χ0v) is 12.0. The predicted molar refractivity (Wildman–Crippen MR) is 71.0 cm³/mol. The van der Waals surface area contributed by atoms with Crippen molar-refractivity contribution in [2.24, 2.45) is 0 Å². The van der Waals surface area contributed by atoms with Crippen molar-refractivity contribution in [3.8, 4) is 11.5 Å². The van der Waals surface area contributed by atoms with Crippen LogP contribution in [0.5, 0.6) is 11.5 Å². The fourth-order valence-corrected chi connectivity index (χ4v) is 1.24. The molecule has 1 rings (SSSR count). The van der Waals surface area contributed by atoms with Gasteiger partial charge >= 0.3 is 23.9 Å². The highest BCUT2D eigenvalue weighted by atomic mass is 16.6. The molecule has 0 bridgehead atoms. The van der Waals surface area contributed by atoms with E-state index in [1.54, 1.807) is 12.1 Å². The average molecular weight is 310 g/mol. The third-order valence-electron chi connectivity index (χ3n) is 2.08. The maximum atomic E-state index is 11.5. The van der Waals surface area contributed by atoms with Crippen LogP contribution in [-0.2, 0) is 28.7 Å². The molecule has 0 aromatic heterocycles. The molecule has 0 aliphatic heterocycles. The summed E-state index contributed by atoms with van der Waals surface area (Å²) in [7, 11) is 0. The maximum absolute atomic E-state index is 11.5. The molecule has 0 radical (unpaired) electrons. The molecule has 0 saturated carbocycles. The van der Waals surface area contributed by atoms with Gasteiger partial charge in [-0.1, -0.05) is 12.1 Å². The van der Waals surface area contributed by atoms with Crippen LogP contribution in [-0.4, -0.2) is 37.1 Å². The minimum absolute atomic E-state index is 0.0316. The Kier molecular flexibility index (Phi) is 6.55. The summed E-state index contributed by atoms with van der Waals surface area (Å²) in [6, 6.07) is 5.88. The first-order valence-electron chi connectivity index (χ1n) is 6.15. The van der Waals surface area contributed by atoms with E-state index in [0.717, 1.165) is 13.8 Å². The van der Waals surface area contributed by atoms with E-state index in [-0.39, 0.29) is 11.5 Å². The third-order valence-corrected chi connectivity index (χ3v) is 2.08. The second-order valence-corrected chi connectivity index (χ2v) is 3.96. The molecule has 1 aromatic rings. The van der Waals surface area contributed by atoms with E-state index < -0.39 is 37.1 Å². The average Bonchev–Trinajstić information content (AvgIpc) is 2.45. The summed E-state index contributed by atoms with van der Waals surface area (Å²) in [6.45, 7) is 1.17. The third kappa shape index (κ3) is 6.51. The van der Waals surface area contributed by atoms with Gasteiger partial charge in [-0.3, -0.25) is 9.59 Å². The fraction of sp³-hybridized carbons (Fsp3) is 0.286. The summed E-state index contributed by atoms with van der Waals surface area (Å²) >= 11 is 0. The lowest BCUT2D eigenvalue weighted by molar-refractivity contribution is -0.153. The second kappa shape index (κ2) is 8.40. The minimum Gasteiger partial charge on any atom is -0.454 e. The quantitative estimate of drug-likeness (QED) is 0.556. The molecule has 0 heterocycles. The Hall–Kier alpha value is -2.90. The number of benzene rings is 1. The number of carbonyl (C=O) groups is 4. The van der Waals surface area contributed by atoms with Gasteiger partial charge in [-0.2, -0.15) is 0 Å². The van der Waals surface area contributed by atoms with Crippen LogP contribution in [0, 0.1) is 0 Å². The van der Waals surface area contributed by atoms with Crippen molar-refractivity contribution in [2.75, 3.05) is 13.2 Å². The Morgan fingerprint density at radius 1 is 0.773 bits per heavy atom. The summed E-state index contributed by atoms with van der Waals surface area (Å²) in [4.78, 5) is 44.1. The van der Waals surface area contributed by atoms with Crippen molar-refractivity contribution < 1.29 is 38.1 Å². The lowest BCUT2D eigenvalue weighted by Gasteiger charge is -2.10. The molecular formula is C14H14O8. The maximum Gasteiger partial charge on any atom is 0.349 e. The summed E-state index contributed by atoms with van der Waals surface area (Å²) in [5, 5.41) is 0. The van der Waals surface area contributed by atoms with Gasteiger partial charge in [-0.15, -0.1) is 0 Å². The van der Waals surface area contributed by atoms with E-state index in [1.165, 1.54) is 12.1 Å². The topological polar surface area (TPSA) is 105 Å². The monoisotopic (exact) mass is 310 g/mol. The molecular weight excluding hydrogens is 296 g/mol. The molecule has 0 aliphatic carbocycles. The van der Waals surface area contributed by atoms with Crippen LogP contribution in [0.2, 0.25) is 0 Å². The number of ether oxygens (including phenoxy) is 4. The number of carbonyl (C=O) groups excluding carboxylic acids is 4. The van der Waals surface area contributed by atoms with Crippen LogP contribution < -0.4 is 9.47 Å². The van der Waals surface area contributed by atoms with E-state index in [4.69, 9.17) is 9.47 Å². The lowest BCUT2D eigenvalue weighted by Crippen LogP contribution is -2.20. The number of hydrogen-bond acceptors (Lipinski definition) is 8. The Labute approximate surface area is 125 Å². The zero-order chi connectivity index (χ0) is 16.5. The van der Waals surface area contributed by atoms with Crippen molar-refractivity contribution >= 4 is 23.9 Å². The van der Waals surface area contributed by atoms with Crippen molar-refractivity contribution in [2.45, 2.75) is 13.8 Å². The molecule has 0 fully saturated rings. The van der Waals surface area contributed by atoms with E-state index in [9.17, 15) is 19.2 Å². The summed E-state index contributed by atoms with van der Waals surface area (Å²) in [5.41, 5.74) is 0. The molecule has 8 heteroatoms. The van der Waals surface area contributed by atoms with Crippen LogP contribution in [0.1, 0.15) is 13.8 Å². The van der Waals surface area contributed by atoms with Crippen LogP contribution in [0.4, 0.5) is 0 Å². The number of esters is 4. The van der Waals surface area contributed by atoms with Gasteiger partial charge in [0.1, 0.15) is 0 Å². The van der Waals surface area contributed by atoms with Crippen LogP contribution in [0.3, 0.4) is 0 Å². The fourth-order valence-electron chi connectivity index (χ4n) is 1.24. The van der Waals surface area contributed by atoms with Crippen LogP contribution >= 0.6 is 0 Å². The first-order valence-corrected chi connectivity index (χ1v) is 6.15. The molecule has 22 heavy (non-hydrogen) atoms. The Morgan fingerprint density at radius 3 is 1.45 bits per heavy atom. The van der Waals surface area contributed by atoms with Crippen molar-refractivity contribution in [1.82, 2.24) is 0 Å². The van der Waals surface area contributed by atoms with Gasteiger partial charge in [0, 0.05) is 13.8 Å². The van der Waals surface area contributed by atoms with E-state index in [0.29, 0.717) is 0 Å². The minimum atomic E-state index is -0.835. The van der Waals surface area contributed by atoms with Crippen molar-refractivity contribution in [3.63, 3.8) is 0 Å². The predicted octanol–water partition coefficient (Wildman–Crippen LogP) is 0.624. The highest BCUT2D eigenvalue weighted by molar-refractivity contribution is 5.79. The number of para-hydroxylation sites is 2. The van der Waals surface area contributed by atoms with Gasteiger partial charge in [0.15, 0.2) is 24.7 Å². The zero-order valence-electron chi connectivity index (χ0n) is 12.0.